The van der Waals surface area contributed by atoms with Crippen molar-refractivity contribution in [3.05, 3.63) is 31.6 Å². The van der Waals surface area contributed by atoms with Crippen molar-refractivity contribution >= 4 is 11.6 Å². The molecular weight excluding hydrogens is 228 g/mol. The van der Waals surface area contributed by atoms with Gasteiger partial charge >= 0.3 is 5.69 Å². The van der Waals surface area contributed by atoms with Crippen molar-refractivity contribution in [3.8, 4) is 0 Å². The van der Waals surface area contributed by atoms with Crippen LogP contribution in [0.2, 0.25) is 5.15 Å². The van der Waals surface area contributed by atoms with Crippen molar-refractivity contribution < 1.29 is 0 Å². The van der Waals surface area contributed by atoms with Crippen LogP contribution in [0.1, 0.15) is 44.7 Å². The first-order chi connectivity index (χ1) is 7.43. The fourth-order valence-electron chi connectivity index (χ4n) is 2.00. The summed E-state index contributed by atoms with van der Waals surface area (Å²) in [7, 11) is 0. The quantitative estimate of drug-likeness (QED) is 0.806. The first kappa shape index (κ1) is 11.5. The molecule has 1 aliphatic rings. The Hall–Kier alpha value is -1.03. The Balaban J connectivity index is 2.66. The lowest BCUT2D eigenvalue weighted by Crippen LogP contribution is -2.37. The Morgan fingerprint density at radius 1 is 1.44 bits per heavy atom. The zero-order chi connectivity index (χ0) is 12.0. The van der Waals surface area contributed by atoms with E-state index in [-0.39, 0.29) is 22.7 Å². The van der Waals surface area contributed by atoms with E-state index >= 15 is 0 Å². The predicted molar refractivity (Wildman–Crippen MR) is 63.2 cm³/mol. The lowest BCUT2D eigenvalue weighted by Gasteiger charge is -2.10. The van der Waals surface area contributed by atoms with E-state index in [1.165, 1.54) is 4.57 Å². The van der Waals surface area contributed by atoms with Crippen LogP contribution in [0, 0.1) is 5.92 Å². The first-order valence-corrected chi connectivity index (χ1v) is 5.85. The molecule has 2 atom stereocenters. The van der Waals surface area contributed by atoms with Crippen LogP contribution in [0.3, 0.4) is 0 Å². The predicted octanol–water partition coefficient (Wildman–Crippen LogP) is 1.89. The fourth-order valence-corrected chi connectivity index (χ4v) is 2.38. The number of aromatic nitrogens is 2. The van der Waals surface area contributed by atoms with Gasteiger partial charge in [-0.1, -0.05) is 32.4 Å². The van der Waals surface area contributed by atoms with Gasteiger partial charge in [-0.05, 0) is 18.3 Å². The molecule has 2 rings (SSSR count). The lowest BCUT2D eigenvalue weighted by atomic mass is 10.1. The molecule has 1 aliphatic carbocycles. The van der Waals surface area contributed by atoms with Crippen LogP contribution in [0.15, 0.2) is 9.59 Å². The average molecular weight is 243 g/mol. The summed E-state index contributed by atoms with van der Waals surface area (Å²) in [5.41, 5.74) is -0.132. The molecule has 1 N–H and O–H groups in total. The summed E-state index contributed by atoms with van der Waals surface area (Å²) < 4.78 is 1.31. The Labute approximate surface area is 98.3 Å². The molecule has 1 fully saturated rings. The van der Waals surface area contributed by atoms with Gasteiger partial charge in [-0.3, -0.25) is 14.3 Å². The highest BCUT2D eigenvalue weighted by Gasteiger charge is 2.37. The van der Waals surface area contributed by atoms with Gasteiger partial charge in [0.05, 0.1) is 5.56 Å². The van der Waals surface area contributed by atoms with Crippen LogP contribution in [-0.2, 0) is 0 Å². The van der Waals surface area contributed by atoms with E-state index in [0.717, 1.165) is 6.42 Å². The van der Waals surface area contributed by atoms with E-state index in [1.807, 2.05) is 20.8 Å². The topological polar surface area (TPSA) is 54.9 Å². The summed E-state index contributed by atoms with van der Waals surface area (Å²) in [5.74, 6) is 0.414. The molecule has 2 unspecified atom stereocenters. The van der Waals surface area contributed by atoms with Crippen LogP contribution < -0.4 is 11.2 Å². The van der Waals surface area contributed by atoms with Crippen molar-refractivity contribution in [2.45, 2.75) is 39.2 Å². The normalized spacial score (nSPS) is 23.8. The molecule has 1 saturated carbocycles. The summed E-state index contributed by atoms with van der Waals surface area (Å²) in [4.78, 5) is 26.4. The highest BCUT2D eigenvalue weighted by molar-refractivity contribution is 6.30. The largest absolute Gasteiger partial charge is 0.329 e. The Kier molecular flexibility index (Phi) is 2.70. The number of hydrogen-bond acceptors (Lipinski definition) is 2. The number of H-pyrrole nitrogens is 1. The van der Waals surface area contributed by atoms with E-state index in [0.29, 0.717) is 11.5 Å². The molecule has 1 heterocycles. The van der Waals surface area contributed by atoms with Crippen LogP contribution in [0.5, 0.6) is 0 Å². The van der Waals surface area contributed by atoms with E-state index in [4.69, 9.17) is 11.6 Å². The molecule has 0 aromatic carbocycles. The zero-order valence-corrected chi connectivity index (χ0v) is 10.3. The number of halogens is 1. The monoisotopic (exact) mass is 242 g/mol. The molecule has 16 heavy (non-hydrogen) atoms. The second-order valence-corrected chi connectivity index (χ2v) is 5.15. The first-order valence-electron chi connectivity index (χ1n) is 5.47. The lowest BCUT2D eigenvalue weighted by molar-refractivity contribution is 0.602. The molecule has 0 spiro atoms. The van der Waals surface area contributed by atoms with Gasteiger partial charge in [0.2, 0.25) is 0 Å². The number of nitrogens with one attached hydrogen (secondary N) is 1. The van der Waals surface area contributed by atoms with Crippen molar-refractivity contribution in [2.24, 2.45) is 5.92 Å². The number of aromatic amines is 1. The van der Waals surface area contributed by atoms with Gasteiger partial charge in [0.25, 0.3) is 5.56 Å². The third-order valence-corrected chi connectivity index (χ3v) is 3.40. The molecule has 1 aromatic rings. The van der Waals surface area contributed by atoms with E-state index in [9.17, 15) is 9.59 Å². The van der Waals surface area contributed by atoms with Gasteiger partial charge < -0.3 is 0 Å². The second kappa shape index (κ2) is 3.77. The summed E-state index contributed by atoms with van der Waals surface area (Å²) in [5, 5.41) is 0.176. The van der Waals surface area contributed by atoms with Crippen molar-refractivity contribution in [2.75, 3.05) is 0 Å². The number of rotatable bonds is 2. The smallest absolute Gasteiger partial charge is 0.297 e. The maximum absolute atomic E-state index is 12.1. The number of hydrogen-bond donors (Lipinski definition) is 1. The molecule has 0 radical (unpaired) electrons. The molecule has 5 heteroatoms. The fraction of sp³-hybridized carbons (Fsp3) is 0.636. The van der Waals surface area contributed by atoms with Gasteiger partial charge in [-0.15, -0.1) is 0 Å². The van der Waals surface area contributed by atoms with Gasteiger partial charge in [0.1, 0.15) is 5.15 Å². The van der Waals surface area contributed by atoms with E-state index in [2.05, 4.69) is 4.98 Å². The van der Waals surface area contributed by atoms with Gasteiger partial charge in [-0.2, -0.15) is 0 Å². The molecule has 0 bridgehead atoms. The van der Waals surface area contributed by atoms with Crippen LogP contribution in [0.25, 0.3) is 0 Å². The highest BCUT2D eigenvalue weighted by atomic mass is 35.5. The summed E-state index contributed by atoms with van der Waals surface area (Å²) in [6.45, 7) is 5.81. The molecule has 4 nitrogen and oxygen atoms in total. The standard InChI is InChI=1S/C11H15ClN2O2/c1-5(2)8-9(12)13-11(16)14(10(8)15)7-4-6(7)3/h5-7H,4H2,1-3H3,(H,13,16). The maximum atomic E-state index is 12.1. The third-order valence-electron chi connectivity index (χ3n) is 3.10. The Bertz CT molecular complexity index is 530. The average Bonchev–Trinajstić information content (AvgIpc) is 2.80. The molecule has 0 amide bonds. The maximum Gasteiger partial charge on any atom is 0.329 e. The molecule has 0 saturated heterocycles. The summed E-state index contributed by atoms with van der Waals surface area (Å²) in [6.07, 6.45) is 0.891. The molecule has 1 aromatic heterocycles. The minimum atomic E-state index is -0.395. The van der Waals surface area contributed by atoms with Crippen LogP contribution >= 0.6 is 11.6 Å². The summed E-state index contributed by atoms with van der Waals surface area (Å²) >= 11 is 5.89. The zero-order valence-electron chi connectivity index (χ0n) is 9.58. The van der Waals surface area contributed by atoms with E-state index in [1.54, 1.807) is 0 Å². The SMILES string of the molecule is CC(C)c1c(Cl)[nH]c(=O)n(C2CC2C)c1=O. The third kappa shape index (κ3) is 1.71. The minimum absolute atomic E-state index is 0.0113. The van der Waals surface area contributed by atoms with Crippen LogP contribution in [0.4, 0.5) is 0 Å². The Morgan fingerprint density at radius 2 is 2.00 bits per heavy atom. The molecule has 0 aliphatic heterocycles. The second-order valence-electron chi connectivity index (χ2n) is 4.77. The van der Waals surface area contributed by atoms with Crippen molar-refractivity contribution in [3.63, 3.8) is 0 Å². The van der Waals surface area contributed by atoms with E-state index < -0.39 is 5.69 Å². The minimum Gasteiger partial charge on any atom is -0.297 e. The van der Waals surface area contributed by atoms with Crippen molar-refractivity contribution in [1.82, 2.24) is 9.55 Å². The Morgan fingerprint density at radius 3 is 2.44 bits per heavy atom. The molecule has 88 valence electrons. The highest BCUT2D eigenvalue weighted by Crippen LogP contribution is 2.40. The van der Waals surface area contributed by atoms with Crippen molar-refractivity contribution in [1.29, 1.82) is 0 Å². The molecular formula is C11H15ClN2O2. The van der Waals surface area contributed by atoms with Gasteiger partial charge in [0, 0.05) is 6.04 Å². The van der Waals surface area contributed by atoms with Gasteiger partial charge in [-0.25, -0.2) is 4.79 Å². The van der Waals surface area contributed by atoms with Crippen LogP contribution in [-0.4, -0.2) is 9.55 Å². The summed E-state index contributed by atoms with van der Waals surface area (Å²) in [6, 6.07) is 0.0472. The van der Waals surface area contributed by atoms with Gasteiger partial charge in [0.15, 0.2) is 0 Å². The number of nitrogens with zero attached hydrogens (tertiary/aromatic N) is 1.